The first-order chi connectivity index (χ1) is 11.0. The van der Waals surface area contributed by atoms with Gasteiger partial charge in [-0.2, -0.15) is 0 Å². The first-order valence-corrected chi connectivity index (χ1v) is 8.98. The fourth-order valence-corrected chi connectivity index (χ4v) is 5.70. The number of benzene rings is 1. The molecule has 23 heavy (non-hydrogen) atoms. The maximum atomic E-state index is 11.2. The highest BCUT2D eigenvalue weighted by atomic mass is 16.5. The first-order valence-electron chi connectivity index (χ1n) is 8.98. The lowest BCUT2D eigenvalue weighted by Crippen LogP contribution is -2.40. The van der Waals surface area contributed by atoms with E-state index in [0.717, 1.165) is 18.3 Å². The lowest BCUT2D eigenvalue weighted by atomic mass is 9.55. The van der Waals surface area contributed by atoms with Gasteiger partial charge >= 0.3 is 5.97 Å². The minimum Gasteiger partial charge on any atom is -0.427 e. The highest BCUT2D eigenvalue weighted by Crippen LogP contribution is 2.62. The Labute approximate surface area is 138 Å². The Morgan fingerprint density at radius 1 is 1.26 bits per heavy atom. The van der Waals surface area contributed by atoms with E-state index in [1.165, 1.54) is 55.7 Å². The van der Waals surface area contributed by atoms with Gasteiger partial charge in [-0.15, -0.1) is 0 Å². The number of aryl methyl sites for hydroxylation is 1. The van der Waals surface area contributed by atoms with Gasteiger partial charge in [-0.05, 0) is 85.0 Å². The summed E-state index contributed by atoms with van der Waals surface area (Å²) in [6.07, 6.45) is 7.50. The maximum absolute atomic E-state index is 11.2. The standard InChI is InChI=1S/C21H26O2/c1-13-4-9-20-19-7-5-15-12-16(23-14(2)22)6-8-17(15)18(19)10-11-21(13,20)3/h6,8,12,18-20H,1,4-5,7,9-11H2,2-3H3/t18-,19-,20+,21-/m1/s1. The van der Waals surface area contributed by atoms with Gasteiger partial charge in [-0.25, -0.2) is 0 Å². The number of allylic oxidation sites excluding steroid dienone is 1. The number of hydrogen-bond acceptors (Lipinski definition) is 2. The van der Waals surface area contributed by atoms with Gasteiger partial charge in [0.05, 0.1) is 0 Å². The van der Waals surface area contributed by atoms with Crippen LogP contribution in [0, 0.1) is 17.3 Å². The SMILES string of the molecule is C=C1CC[C@H]2[C@@H]3CCc4cc(OC(C)=O)ccc4[C@H]3CC[C@]12C. The molecule has 3 aliphatic rings. The number of hydrogen-bond donors (Lipinski definition) is 0. The Bertz CT molecular complexity index is 674. The predicted octanol–water partition coefficient (Wildman–Crippen LogP) is 5.02. The zero-order chi connectivity index (χ0) is 16.2. The Hall–Kier alpha value is -1.57. The predicted molar refractivity (Wildman–Crippen MR) is 91.5 cm³/mol. The third kappa shape index (κ3) is 2.26. The third-order valence-electron chi connectivity index (χ3n) is 6.91. The fourth-order valence-electron chi connectivity index (χ4n) is 5.70. The summed E-state index contributed by atoms with van der Waals surface area (Å²) in [6, 6.07) is 6.29. The molecule has 2 nitrogen and oxygen atoms in total. The van der Waals surface area contributed by atoms with Gasteiger partial charge < -0.3 is 4.74 Å². The molecule has 3 aliphatic carbocycles. The Kier molecular flexibility index (Phi) is 3.40. The van der Waals surface area contributed by atoms with Gasteiger partial charge in [0.2, 0.25) is 0 Å². The molecule has 0 heterocycles. The Morgan fingerprint density at radius 2 is 2.09 bits per heavy atom. The summed E-state index contributed by atoms with van der Waals surface area (Å²) in [6.45, 7) is 8.31. The average molecular weight is 310 g/mol. The van der Waals surface area contributed by atoms with Gasteiger partial charge in [0.1, 0.15) is 5.75 Å². The molecule has 0 aliphatic heterocycles. The zero-order valence-corrected chi connectivity index (χ0v) is 14.2. The molecule has 2 saturated carbocycles. The van der Waals surface area contributed by atoms with Crippen molar-refractivity contribution in [2.75, 3.05) is 0 Å². The molecular weight excluding hydrogens is 284 g/mol. The van der Waals surface area contributed by atoms with Crippen LogP contribution < -0.4 is 4.74 Å². The monoisotopic (exact) mass is 310 g/mol. The molecule has 122 valence electrons. The summed E-state index contributed by atoms with van der Waals surface area (Å²) in [4.78, 5) is 11.2. The molecule has 1 aromatic rings. The largest absolute Gasteiger partial charge is 0.427 e. The van der Waals surface area contributed by atoms with Crippen LogP contribution in [0.3, 0.4) is 0 Å². The number of rotatable bonds is 1. The van der Waals surface area contributed by atoms with E-state index in [4.69, 9.17) is 4.74 Å². The van der Waals surface area contributed by atoms with Crippen LogP contribution in [0.5, 0.6) is 5.75 Å². The number of esters is 1. The molecule has 0 N–H and O–H groups in total. The highest BCUT2D eigenvalue weighted by Gasteiger charge is 2.51. The van der Waals surface area contributed by atoms with Crippen LogP contribution in [-0.2, 0) is 11.2 Å². The second kappa shape index (κ2) is 5.22. The van der Waals surface area contributed by atoms with Crippen LogP contribution in [-0.4, -0.2) is 5.97 Å². The van der Waals surface area contributed by atoms with Crippen molar-refractivity contribution >= 4 is 5.97 Å². The lowest BCUT2D eigenvalue weighted by Gasteiger charge is -2.49. The average Bonchev–Trinajstić information content (AvgIpc) is 2.82. The van der Waals surface area contributed by atoms with Crippen molar-refractivity contribution in [3.05, 3.63) is 41.5 Å². The molecule has 4 rings (SSSR count). The summed E-state index contributed by atoms with van der Waals surface area (Å²) in [7, 11) is 0. The minimum atomic E-state index is -0.239. The molecule has 0 saturated heterocycles. The van der Waals surface area contributed by atoms with Crippen molar-refractivity contribution in [1.82, 2.24) is 0 Å². The molecule has 0 radical (unpaired) electrons. The quantitative estimate of drug-likeness (QED) is 0.413. The topological polar surface area (TPSA) is 26.3 Å². The van der Waals surface area contributed by atoms with Crippen LogP contribution in [0.15, 0.2) is 30.4 Å². The smallest absolute Gasteiger partial charge is 0.308 e. The molecule has 1 aromatic carbocycles. The van der Waals surface area contributed by atoms with Crippen LogP contribution in [0.4, 0.5) is 0 Å². The first kappa shape index (κ1) is 15.0. The van der Waals surface area contributed by atoms with E-state index in [1.54, 1.807) is 0 Å². The number of carbonyl (C=O) groups excluding carboxylic acids is 1. The van der Waals surface area contributed by atoms with Gasteiger partial charge in [-0.1, -0.05) is 25.1 Å². The Morgan fingerprint density at radius 3 is 2.87 bits per heavy atom. The van der Waals surface area contributed by atoms with Crippen molar-refractivity contribution in [3.8, 4) is 5.75 Å². The molecule has 0 unspecified atom stereocenters. The van der Waals surface area contributed by atoms with Crippen LogP contribution >= 0.6 is 0 Å². The number of carbonyl (C=O) groups is 1. The molecule has 2 fully saturated rings. The van der Waals surface area contributed by atoms with Gasteiger partial charge in [-0.3, -0.25) is 4.79 Å². The van der Waals surface area contributed by atoms with E-state index in [-0.39, 0.29) is 5.97 Å². The van der Waals surface area contributed by atoms with E-state index in [2.05, 4.69) is 25.6 Å². The maximum Gasteiger partial charge on any atom is 0.308 e. The summed E-state index contributed by atoms with van der Waals surface area (Å²) in [5.41, 5.74) is 4.79. The molecule has 4 atom stereocenters. The summed E-state index contributed by atoms with van der Waals surface area (Å²) >= 11 is 0. The van der Waals surface area contributed by atoms with Crippen LogP contribution in [0.25, 0.3) is 0 Å². The fraction of sp³-hybridized carbons (Fsp3) is 0.571. The van der Waals surface area contributed by atoms with E-state index in [1.807, 2.05) is 6.07 Å². The number of fused-ring (bicyclic) bond motifs is 5. The second-order valence-electron chi connectivity index (χ2n) is 7.97. The lowest BCUT2D eigenvalue weighted by molar-refractivity contribution is -0.131. The third-order valence-corrected chi connectivity index (χ3v) is 6.91. The summed E-state index contributed by atoms with van der Waals surface area (Å²) in [5, 5.41) is 0. The normalized spacial score (nSPS) is 35.2. The summed E-state index contributed by atoms with van der Waals surface area (Å²) < 4.78 is 5.27. The molecule has 0 spiro atoms. The number of ether oxygens (including phenoxy) is 1. The van der Waals surface area contributed by atoms with Gasteiger partial charge in [0, 0.05) is 6.92 Å². The zero-order valence-electron chi connectivity index (χ0n) is 14.2. The van der Waals surface area contributed by atoms with Crippen LogP contribution in [0.1, 0.15) is 63.0 Å². The molecule has 0 bridgehead atoms. The van der Waals surface area contributed by atoms with Crippen molar-refractivity contribution in [3.63, 3.8) is 0 Å². The molecular formula is C21H26O2. The summed E-state index contributed by atoms with van der Waals surface area (Å²) in [5.74, 6) is 2.77. The second-order valence-corrected chi connectivity index (χ2v) is 7.97. The Balaban J connectivity index is 1.65. The molecule has 0 amide bonds. The van der Waals surface area contributed by atoms with Crippen LogP contribution in [0.2, 0.25) is 0 Å². The van der Waals surface area contributed by atoms with Crippen molar-refractivity contribution in [2.45, 2.75) is 58.3 Å². The van der Waals surface area contributed by atoms with Crippen molar-refractivity contribution < 1.29 is 9.53 Å². The van der Waals surface area contributed by atoms with E-state index in [0.29, 0.717) is 17.1 Å². The molecule has 0 aromatic heterocycles. The van der Waals surface area contributed by atoms with E-state index in [9.17, 15) is 4.79 Å². The minimum absolute atomic E-state index is 0.239. The van der Waals surface area contributed by atoms with Crippen molar-refractivity contribution in [2.24, 2.45) is 17.3 Å². The van der Waals surface area contributed by atoms with E-state index < -0.39 is 0 Å². The highest BCUT2D eigenvalue weighted by molar-refractivity contribution is 5.69. The van der Waals surface area contributed by atoms with E-state index >= 15 is 0 Å². The molecule has 2 heteroatoms. The van der Waals surface area contributed by atoms with Crippen molar-refractivity contribution in [1.29, 1.82) is 0 Å². The van der Waals surface area contributed by atoms with Gasteiger partial charge in [0.15, 0.2) is 0 Å². The van der Waals surface area contributed by atoms with Gasteiger partial charge in [0.25, 0.3) is 0 Å².